The monoisotopic (exact) mass is 472 g/mol. The van der Waals surface area contributed by atoms with Gasteiger partial charge in [-0.15, -0.1) is 5.10 Å². The maximum atomic E-state index is 13.5. The van der Waals surface area contributed by atoms with Gasteiger partial charge in [0.05, 0.1) is 12.0 Å². The molecular weight excluding hydrogens is 446 g/mol. The Kier molecular flexibility index (Phi) is 10.1. The fraction of sp³-hybridized carbons (Fsp3) is 0.350. The first-order valence-corrected chi connectivity index (χ1v) is 10.7. The Labute approximate surface area is 190 Å². The lowest BCUT2D eigenvalue weighted by molar-refractivity contribution is 0.370. The molecule has 11 heteroatoms. The van der Waals surface area contributed by atoms with Gasteiger partial charge in [0.15, 0.2) is 11.6 Å². The fourth-order valence-corrected chi connectivity index (χ4v) is 3.63. The Morgan fingerprint density at radius 1 is 1.23 bits per heavy atom. The molecule has 7 nitrogen and oxygen atoms in total. The zero-order valence-corrected chi connectivity index (χ0v) is 18.9. The molecule has 1 aliphatic rings. The highest BCUT2D eigenvalue weighted by molar-refractivity contribution is 7.98. The van der Waals surface area contributed by atoms with Crippen LogP contribution < -0.4 is 26.4 Å². The average Bonchev–Trinajstić information content (AvgIpc) is 2.75. The number of rotatable bonds is 5. The van der Waals surface area contributed by atoms with E-state index in [4.69, 9.17) is 23.2 Å². The highest BCUT2D eigenvalue weighted by Crippen LogP contribution is 2.27. The van der Waals surface area contributed by atoms with Crippen molar-refractivity contribution in [2.24, 2.45) is 16.7 Å². The second-order valence-corrected chi connectivity index (χ2v) is 8.04. The van der Waals surface area contributed by atoms with Crippen LogP contribution in [0.3, 0.4) is 0 Å². The molecule has 0 radical (unpaired) electrons. The van der Waals surface area contributed by atoms with Crippen LogP contribution in [0, 0.1) is 11.6 Å². The lowest BCUT2D eigenvalue weighted by atomic mass is 9.90. The van der Waals surface area contributed by atoms with E-state index < -0.39 is 11.6 Å². The first-order valence-electron chi connectivity index (χ1n) is 9.54. The van der Waals surface area contributed by atoms with Gasteiger partial charge in [0.25, 0.3) is 0 Å². The molecule has 170 valence electrons. The van der Waals surface area contributed by atoms with Crippen LogP contribution in [0.25, 0.3) is 0 Å². The Hall–Kier alpha value is -2.27. The molecule has 0 amide bonds. The minimum Gasteiger partial charge on any atom is -0.494 e. The normalized spacial score (nSPS) is 14.5. The molecule has 0 saturated carbocycles. The number of hydrogen-bond acceptors (Lipinski definition) is 6. The Bertz CT molecular complexity index is 863. The maximum absolute atomic E-state index is 13.5. The molecule has 1 heterocycles. The van der Waals surface area contributed by atoms with Gasteiger partial charge in [-0.3, -0.25) is 4.72 Å². The molecule has 1 saturated heterocycles. The highest BCUT2D eigenvalue weighted by atomic mass is 35.5. The number of guanidine groups is 1. The molecule has 1 fully saturated rings. The van der Waals surface area contributed by atoms with E-state index in [-0.39, 0.29) is 16.6 Å². The van der Waals surface area contributed by atoms with Crippen LogP contribution in [0.1, 0.15) is 24.3 Å². The van der Waals surface area contributed by atoms with Gasteiger partial charge in [0, 0.05) is 18.1 Å². The van der Waals surface area contributed by atoms with Crippen molar-refractivity contribution in [2.45, 2.75) is 23.7 Å². The van der Waals surface area contributed by atoms with Crippen LogP contribution in [0.2, 0.25) is 5.02 Å². The number of piperidine rings is 1. The molecule has 0 atom stereocenters. The summed E-state index contributed by atoms with van der Waals surface area (Å²) in [6, 6.07) is 10.2. The Balaban J connectivity index is 0.000000231. The SMILES string of the molecule is COc1cc(F)c(SN/C(N)=N/N(C)N)cc1F.Clc1ccc(C2CCNCC2)cc1. The predicted molar refractivity (Wildman–Crippen MR) is 122 cm³/mol. The zero-order valence-electron chi connectivity index (χ0n) is 17.4. The van der Waals surface area contributed by atoms with Crippen LogP contribution in [-0.2, 0) is 0 Å². The van der Waals surface area contributed by atoms with Crippen molar-refractivity contribution in [3.05, 3.63) is 58.6 Å². The number of hydrazone groups is 1. The summed E-state index contributed by atoms with van der Waals surface area (Å²) in [5, 5.41) is 8.79. The molecular formula is C20H27ClF2N6OS. The molecule has 0 aliphatic carbocycles. The summed E-state index contributed by atoms with van der Waals surface area (Å²) in [6.45, 7) is 2.29. The standard InChI is InChI=1S/C11H14ClN.C9H13F2N5OS/c12-11-3-1-9(2-4-11)10-5-7-13-8-6-10;1-16(13)14-9(12)15-18-8-4-5(10)7(17-2)3-6(8)11/h1-4,10,13H,5-8H2;3-4H,13H2,1-2H3,(H3,12,14,15). The van der Waals surface area contributed by atoms with Gasteiger partial charge in [-0.1, -0.05) is 23.7 Å². The van der Waals surface area contributed by atoms with Gasteiger partial charge < -0.3 is 15.8 Å². The summed E-state index contributed by atoms with van der Waals surface area (Å²) in [6.07, 6.45) is 2.50. The molecule has 2 aromatic rings. The molecule has 2 aromatic carbocycles. The lowest BCUT2D eigenvalue weighted by Gasteiger charge is -2.22. The van der Waals surface area contributed by atoms with Crippen LogP contribution >= 0.6 is 23.5 Å². The van der Waals surface area contributed by atoms with E-state index in [9.17, 15) is 8.78 Å². The molecule has 0 spiro atoms. The quantitative estimate of drug-likeness (QED) is 0.174. The third-order valence-electron chi connectivity index (χ3n) is 4.42. The van der Waals surface area contributed by atoms with Crippen LogP contribution in [0.4, 0.5) is 8.78 Å². The van der Waals surface area contributed by atoms with Crippen LogP contribution in [0.15, 0.2) is 46.4 Å². The van der Waals surface area contributed by atoms with Gasteiger partial charge in [-0.25, -0.2) is 19.7 Å². The second-order valence-electron chi connectivity index (χ2n) is 6.76. The van der Waals surface area contributed by atoms with E-state index in [0.717, 1.165) is 53.2 Å². The Morgan fingerprint density at radius 3 is 2.45 bits per heavy atom. The van der Waals surface area contributed by atoms with Crippen molar-refractivity contribution in [2.75, 3.05) is 27.2 Å². The van der Waals surface area contributed by atoms with Gasteiger partial charge in [0.1, 0.15) is 5.82 Å². The smallest absolute Gasteiger partial charge is 0.223 e. The summed E-state index contributed by atoms with van der Waals surface area (Å²) in [4.78, 5) is 0.0196. The van der Waals surface area contributed by atoms with Crippen molar-refractivity contribution in [1.82, 2.24) is 15.2 Å². The zero-order chi connectivity index (χ0) is 22.8. The van der Waals surface area contributed by atoms with Crippen LogP contribution in [-0.4, -0.2) is 38.3 Å². The molecule has 0 aromatic heterocycles. The number of ether oxygens (including phenoxy) is 1. The molecule has 0 unspecified atom stereocenters. The summed E-state index contributed by atoms with van der Waals surface area (Å²) < 4.78 is 34.0. The van der Waals surface area contributed by atoms with E-state index in [1.165, 1.54) is 32.6 Å². The second kappa shape index (κ2) is 12.6. The van der Waals surface area contributed by atoms with E-state index >= 15 is 0 Å². The van der Waals surface area contributed by atoms with E-state index in [0.29, 0.717) is 0 Å². The van der Waals surface area contributed by atoms with E-state index in [1.54, 1.807) is 0 Å². The van der Waals surface area contributed by atoms with Gasteiger partial charge in [0.2, 0.25) is 5.96 Å². The maximum Gasteiger partial charge on any atom is 0.223 e. The minimum absolute atomic E-state index is 0.0196. The summed E-state index contributed by atoms with van der Waals surface area (Å²) >= 11 is 6.61. The van der Waals surface area contributed by atoms with Gasteiger partial charge >= 0.3 is 0 Å². The van der Waals surface area contributed by atoms with Gasteiger partial charge in [-0.2, -0.15) is 0 Å². The first kappa shape index (κ1) is 25.0. The van der Waals surface area contributed by atoms with Crippen LogP contribution in [0.5, 0.6) is 5.75 Å². The lowest BCUT2D eigenvalue weighted by Crippen LogP contribution is -2.32. The highest BCUT2D eigenvalue weighted by Gasteiger charge is 2.14. The van der Waals surface area contributed by atoms with Crippen molar-refractivity contribution < 1.29 is 13.5 Å². The average molecular weight is 473 g/mol. The topological polar surface area (TPSA) is 101 Å². The number of halogens is 3. The van der Waals surface area contributed by atoms with Crippen molar-refractivity contribution in [1.29, 1.82) is 0 Å². The van der Waals surface area contributed by atoms with Gasteiger partial charge in [-0.05, 0) is 67.6 Å². The molecule has 0 bridgehead atoms. The fourth-order valence-electron chi connectivity index (χ4n) is 2.93. The number of nitrogens with two attached hydrogens (primary N) is 2. The molecule has 3 rings (SSSR count). The summed E-state index contributed by atoms with van der Waals surface area (Å²) in [7, 11) is 2.72. The van der Waals surface area contributed by atoms with E-state index in [1.807, 2.05) is 12.1 Å². The molecule has 6 N–H and O–H groups in total. The Morgan fingerprint density at radius 2 is 1.87 bits per heavy atom. The number of nitrogens with zero attached hydrogens (tertiary/aromatic N) is 2. The number of hydrazine groups is 1. The third-order valence-corrected chi connectivity index (χ3v) is 5.51. The molecule has 31 heavy (non-hydrogen) atoms. The minimum atomic E-state index is -0.672. The number of nitrogens with one attached hydrogen (secondary N) is 2. The summed E-state index contributed by atoms with van der Waals surface area (Å²) in [5.74, 6) is 4.44. The molecule has 1 aliphatic heterocycles. The largest absolute Gasteiger partial charge is 0.494 e. The number of benzene rings is 2. The van der Waals surface area contributed by atoms with Crippen molar-refractivity contribution in [3.8, 4) is 5.75 Å². The number of hydrogen-bond donors (Lipinski definition) is 4. The first-order chi connectivity index (χ1) is 14.8. The number of methoxy groups -OCH3 is 1. The van der Waals surface area contributed by atoms with Crippen molar-refractivity contribution in [3.63, 3.8) is 0 Å². The predicted octanol–water partition coefficient (Wildman–Crippen LogP) is 3.41. The van der Waals surface area contributed by atoms with E-state index in [2.05, 4.69) is 32.0 Å². The third kappa shape index (κ3) is 8.41. The summed E-state index contributed by atoms with van der Waals surface area (Å²) in [5.41, 5.74) is 6.86. The van der Waals surface area contributed by atoms with Crippen molar-refractivity contribution >= 4 is 29.5 Å².